The monoisotopic (exact) mass is 653 g/mol. The van der Waals surface area contributed by atoms with Crippen molar-refractivity contribution in [1.82, 2.24) is 15.3 Å². The summed E-state index contributed by atoms with van der Waals surface area (Å²) in [6.45, 7) is 4.43. The molecule has 2 aliphatic rings. The Kier molecular flexibility index (Phi) is 10.1. The van der Waals surface area contributed by atoms with E-state index < -0.39 is 53.5 Å². The Bertz CT molecular complexity index is 1530. The van der Waals surface area contributed by atoms with Crippen molar-refractivity contribution in [1.29, 1.82) is 0 Å². The molecular formula is C28H34F3N7O8. The molecule has 4 rings (SSSR count). The maximum atomic E-state index is 12.5. The second-order valence-electron chi connectivity index (χ2n) is 11.6. The minimum Gasteiger partial charge on any atom is -0.495 e. The summed E-state index contributed by atoms with van der Waals surface area (Å²) in [7, 11) is 1.30. The number of nitro groups is 1. The van der Waals surface area contributed by atoms with Crippen LogP contribution in [0.25, 0.3) is 0 Å². The molecule has 15 nitrogen and oxygen atoms in total. The van der Waals surface area contributed by atoms with Gasteiger partial charge in [-0.3, -0.25) is 14.9 Å². The summed E-state index contributed by atoms with van der Waals surface area (Å²) in [5, 5.41) is 33.7. The number of carbonyl (C=O) groups is 1. The Balaban J connectivity index is 1.62. The molecule has 1 amide bonds. The van der Waals surface area contributed by atoms with Crippen molar-refractivity contribution in [3.05, 3.63) is 39.7 Å². The fourth-order valence-corrected chi connectivity index (χ4v) is 5.18. The van der Waals surface area contributed by atoms with E-state index in [2.05, 4.69) is 21.8 Å². The predicted molar refractivity (Wildman–Crippen MR) is 156 cm³/mol. The Morgan fingerprint density at radius 2 is 2.04 bits per heavy atom. The van der Waals surface area contributed by atoms with Crippen molar-refractivity contribution in [3.8, 4) is 17.6 Å². The van der Waals surface area contributed by atoms with Gasteiger partial charge >= 0.3 is 12.1 Å². The van der Waals surface area contributed by atoms with Gasteiger partial charge in [-0.25, -0.2) is 9.97 Å². The number of carbonyl (C=O) groups excluding carboxylic acids is 1. The van der Waals surface area contributed by atoms with Gasteiger partial charge in [-0.2, -0.15) is 13.2 Å². The van der Waals surface area contributed by atoms with Crippen molar-refractivity contribution in [2.75, 3.05) is 49.2 Å². The number of rotatable bonds is 9. The van der Waals surface area contributed by atoms with Crippen LogP contribution in [0.5, 0.6) is 5.75 Å². The molecule has 250 valence electrons. The third-order valence-electron chi connectivity index (χ3n) is 7.30. The fourth-order valence-electron chi connectivity index (χ4n) is 5.18. The molecule has 4 atom stereocenters. The van der Waals surface area contributed by atoms with Gasteiger partial charge in [0.05, 0.1) is 55.2 Å². The first-order chi connectivity index (χ1) is 21.6. The molecule has 1 aromatic carbocycles. The quantitative estimate of drug-likeness (QED) is 0.174. The van der Waals surface area contributed by atoms with Gasteiger partial charge in [0, 0.05) is 12.5 Å². The number of methoxy groups -OCH3 is 1. The van der Waals surface area contributed by atoms with E-state index in [-0.39, 0.29) is 54.8 Å². The average Bonchev–Trinajstić information content (AvgIpc) is 3.54. The third kappa shape index (κ3) is 7.33. The third-order valence-corrected chi connectivity index (χ3v) is 7.30. The number of amides is 1. The molecule has 1 saturated heterocycles. The molecule has 0 spiro atoms. The highest BCUT2D eigenvalue weighted by atomic mass is 19.4. The molecule has 3 heterocycles. The molecule has 2 aromatic rings. The molecule has 0 bridgehead atoms. The van der Waals surface area contributed by atoms with E-state index in [1.807, 2.05) is 20.8 Å². The highest BCUT2D eigenvalue weighted by Gasteiger charge is 2.43. The number of anilines is 3. The van der Waals surface area contributed by atoms with Crippen molar-refractivity contribution in [3.63, 3.8) is 0 Å². The summed E-state index contributed by atoms with van der Waals surface area (Å²) >= 11 is 0. The number of nitrogens with one attached hydrogen (secondary N) is 1. The molecule has 1 fully saturated rings. The van der Waals surface area contributed by atoms with Gasteiger partial charge in [0.25, 0.3) is 5.69 Å². The standard InChI is InChI=1S/C28H34F3N7O8/c1-27(2,3)23(16-9-19(44-4)15(8-17(16)38(42)43)6-5-7-33-26(41)28(29,30)31)45-14-36-13-37(21-10-18(40)20(11-39)46-21)25-22(36)24(32)34-12-35-25/h8-9,12,18,20-21,23,39-40H,7,10-11,13-14H2,1-4H3,(H,33,41)(H2,32,34,35)/t18?,20-,21-,23-/m1/s1. The van der Waals surface area contributed by atoms with Crippen LogP contribution >= 0.6 is 0 Å². The number of halogens is 3. The van der Waals surface area contributed by atoms with Gasteiger partial charge in [0.15, 0.2) is 11.6 Å². The Morgan fingerprint density at radius 3 is 2.63 bits per heavy atom. The number of ether oxygens (including phenoxy) is 3. The summed E-state index contributed by atoms with van der Waals surface area (Å²) in [6.07, 6.45) is -6.82. The molecule has 1 unspecified atom stereocenters. The smallest absolute Gasteiger partial charge is 0.471 e. The highest BCUT2D eigenvalue weighted by molar-refractivity contribution is 5.82. The molecule has 0 aliphatic carbocycles. The number of alkyl halides is 3. The van der Waals surface area contributed by atoms with Gasteiger partial charge in [0.2, 0.25) is 0 Å². The van der Waals surface area contributed by atoms with Crippen molar-refractivity contribution >= 4 is 28.9 Å². The number of aliphatic hydroxyl groups is 2. The number of nitrogens with zero attached hydrogens (tertiary/aromatic N) is 5. The molecule has 0 radical (unpaired) electrons. The number of nitro benzene ring substituents is 1. The number of nitrogens with two attached hydrogens (primary N) is 1. The van der Waals surface area contributed by atoms with Crippen molar-refractivity contribution < 1.29 is 47.3 Å². The molecule has 2 aliphatic heterocycles. The zero-order valence-corrected chi connectivity index (χ0v) is 25.4. The van der Waals surface area contributed by atoms with Crippen LogP contribution in [0.2, 0.25) is 0 Å². The predicted octanol–water partition coefficient (Wildman–Crippen LogP) is 1.82. The Morgan fingerprint density at radius 1 is 1.33 bits per heavy atom. The second kappa shape index (κ2) is 13.5. The molecule has 0 saturated carbocycles. The second-order valence-corrected chi connectivity index (χ2v) is 11.6. The van der Waals surface area contributed by atoms with Crippen LogP contribution in [0.4, 0.5) is 36.2 Å². The van der Waals surface area contributed by atoms with Crippen LogP contribution in [-0.4, -0.2) is 89.3 Å². The van der Waals surface area contributed by atoms with E-state index in [0.29, 0.717) is 11.5 Å². The van der Waals surface area contributed by atoms with Crippen LogP contribution in [0.15, 0.2) is 18.5 Å². The van der Waals surface area contributed by atoms with Crippen LogP contribution in [0, 0.1) is 27.4 Å². The summed E-state index contributed by atoms with van der Waals surface area (Å²) in [6, 6.07) is 2.52. The number of hydrogen-bond donors (Lipinski definition) is 4. The number of nitrogen functional groups attached to an aromatic ring is 1. The minimum absolute atomic E-state index is 0.0147. The van der Waals surface area contributed by atoms with Crippen LogP contribution in [-0.2, 0) is 14.3 Å². The number of benzene rings is 1. The lowest BCUT2D eigenvalue weighted by Gasteiger charge is -2.33. The highest BCUT2D eigenvalue weighted by Crippen LogP contribution is 2.45. The SMILES string of the molecule is COc1cc([C@@H](OCN2CN([C@H]3CC(O)[C@@H](CO)O3)c3ncnc(N)c32)C(C)(C)C)c([N+](=O)[O-])cc1C#CCNC(=O)C(F)(F)F. The summed E-state index contributed by atoms with van der Waals surface area (Å²) in [4.78, 5) is 34.5. The van der Waals surface area contributed by atoms with Gasteiger partial charge in [-0.05, 0) is 11.5 Å². The Hall–Kier alpha value is -4.44. The van der Waals surface area contributed by atoms with Crippen LogP contribution < -0.4 is 25.6 Å². The zero-order chi connectivity index (χ0) is 34.0. The molecule has 46 heavy (non-hydrogen) atoms. The first-order valence-electron chi connectivity index (χ1n) is 13.9. The van der Waals surface area contributed by atoms with E-state index >= 15 is 0 Å². The molecule has 1 aromatic heterocycles. The Labute approximate surface area is 261 Å². The van der Waals surface area contributed by atoms with E-state index in [9.17, 15) is 38.3 Å². The first-order valence-corrected chi connectivity index (χ1v) is 13.9. The average molecular weight is 654 g/mol. The topological polar surface area (TPSA) is 199 Å². The van der Waals surface area contributed by atoms with Gasteiger partial charge in [-0.1, -0.05) is 32.6 Å². The van der Waals surface area contributed by atoms with Crippen LogP contribution in [0.3, 0.4) is 0 Å². The largest absolute Gasteiger partial charge is 0.495 e. The summed E-state index contributed by atoms with van der Waals surface area (Å²) < 4.78 is 55.0. The van der Waals surface area contributed by atoms with Crippen LogP contribution in [0.1, 0.15) is 44.4 Å². The maximum absolute atomic E-state index is 12.5. The first kappa shape index (κ1) is 34.4. The lowest BCUT2D eigenvalue weighted by molar-refractivity contribution is -0.386. The zero-order valence-electron chi connectivity index (χ0n) is 25.4. The summed E-state index contributed by atoms with van der Waals surface area (Å²) in [5.41, 5.74) is 5.70. The van der Waals surface area contributed by atoms with Crippen molar-refractivity contribution in [2.45, 2.75) is 57.9 Å². The molecular weight excluding hydrogens is 619 g/mol. The number of hydrogen-bond acceptors (Lipinski definition) is 13. The number of fused-ring (bicyclic) bond motifs is 1. The lowest BCUT2D eigenvalue weighted by Crippen LogP contribution is -2.40. The van der Waals surface area contributed by atoms with E-state index in [0.717, 1.165) is 6.07 Å². The van der Waals surface area contributed by atoms with E-state index in [1.54, 1.807) is 15.1 Å². The van der Waals surface area contributed by atoms with E-state index in [1.165, 1.54) is 19.5 Å². The lowest BCUT2D eigenvalue weighted by atomic mass is 9.83. The van der Waals surface area contributed by atoms with Crippen molar-refractivity contribution in [2.24, 2.45) is 5.41 Å². The number of aromatic nitrogens is 2. The van der Waals surface area contributed by atoms with Gasteiger partial charge in [-0.15, -0.1) is 0 Å². The number of aliphatic hydroxyl groups excluding tert-OH is 2. The van der Waals surface area contributed by atoms with E-state index in [4.69, 9.17) is 19.9 Å². The van der Waals surface area contributed by atoms with Gasteiger partial charge in [0.1, 0.15) is 36.8 Å². The molecule has 18 heteroatoms. The normalized spacial score (nSPS) is 20.2. The summed E-state index contributed by atoms with van der Waals surface area (Å²) in [5.74, 6) is 3.35. The van der Waals surface area contributed by atoms with Gasteiger partial charge < -0.3 is 45.3 Å². The minimum atomic E-state index is -5.08. The maximum Gasteiger partial charge on any atom is 0.471 e. The fraction of sp³-hybridized carbons (Fsp3) is 0.536. The molecule has 5 N–H and O–H groups in total.